The summed E-state index contributed by atoms with van der Waals surface area (Å²) in [6.07, 6.45) is 1.09. The maximum Gasteiger partial charge on any atom is 0.328 e. The molecule has 0 heterocycles. The molecule has 118 valence electrons. The lowest BCUT2D eigenvalue weighted by Gasteiger charge is -2.37. The van der Waals surface area contributed by atoms with Crippen molar-refractivity contribution in [1.29, 1.82) is 10.5 Å². The lowest BCUT2D eigenvalue weighted by Crippen LogP contribution is -2.51. The summed E-state index contributed by atoms with van der Waals surface area (Å²) in [6, 6.07) is 3.38. The van der Waals surface area contributed by atoms with Gasteiger partial charge in [-0.3, -0.25) is 14.4 Å². The number of carbonyl (C=O) groups excluding carboxylic acids is 3. The van der Waals surface area contributed by atoms with Crippen LogP contribution in [-0.2, 0) is 23.9 Å². The van der Waals surface area contributed by atoms with Gasteiger partial charge in [-0.2, -0.15) is 10.5 Å². The Bertz CT molecular complexity index is 559. The Morgan fingerprint density at radius 1 is 1.32 bits per heavy atom. The third-order valence-electron chi connectivity index (χ3n) is 4.19. The highest BCUT2D eigenvalue weighted by molar-refractivity contribution is 5.96. The lowest BCUT2D eigenvalue weighted by molar-refractivity contribution is -0.166. The zero-order valence-corrected chi connectivity index (χ0v) is 12.8. The largest absolute Gasteiger partial charge is 0.468 e. The van der Waals surface area contributed by atoms with Gasteiger partial charge in [-0.15, -0.1) is 0 Å². The molecule has 0 radical (unpaired) electrons. The predicted molar refractivity (Wildman–Crippen MR) is 72.7 cm³/mol. The van der Waals surface area contributed by atoms with Crippen LogP contribution in [0.5, 0.6) is 0 Å². The van der Waals surface area contributed by atoms with Crippen molar-refractivity contribution in [3.63, 3.8) is 0 Å². The Morgan fingerprint density at radius 2 is 1.95 bits per heavy atom. The van der Waals surface area contributed by atoms with Gasteiger partial charge in [0.05, 0.1) is 26.4 Å². The van der Waals surface area contributed by atoms with Crippen molar-refractivity contribution in [3.05, 3.63) is 0 Å². The van der Waals surface area contributed by atoms with Gasteiger partial charge in [0.1, 0.15) is 5.78 Å². The van der Waals surface area contributed by atoms with Crippen molar-refractivity contribution in [2.45, 2.75) is 26.2 Å². The van der Waals surface area contributed by atoms with E-state index in [0.29, 0.717) is 6.42 Å². The lowest BCUT2D eigenvalue weighted by atomic mass is 9.61. The van der Waals surface area contributed by atoms with Crippen molar-refractivity contribution in [1.82, 2.24) is 0 Å². The minimum absolute atomic E-state index is 0.0945. The van der Waals surface area contributed by atoms with Crippen molar-refractivity contribution >= 4 is 17.7 Å². The van der Waals surface area contributed by atoms with E-state index >= 15 is 0 Å². The second-order valence-electron chi connectivity index (χ2n) is 5.46. The predicted octanol–water partition coefficient (Wildman–Crippen LogP) is 0.987. The number of nitriles is 2. The molecule has 0 spiro atoms. The van der Waals surface area contributed by atoms with Crippen LogP contribution in [0.4, 0.5) is 0 Å². The van der Waals surface area contributed by atoms with Crippen molar-refractivity contribution < 1.29 is 23.9 Å². The number of hydrogen-bond donors (Lipinski definition) is 0. The minimum atomic E-state index is -2.18. The van der Waals surface area contributed by atoms with Crippen LogP contribution in [0.2, 0.25) is 0 Å². The van der Waals surface area contributed by atoms with E-state index in [-0.39, 0.29) is 24.5 Å². The SMILES string of the molecule is COC(=O)[C@H](C#N)[C@](C#N)(C(=O)OC)[C@H]1C[C@H](C)CCC1=O. The molecular weight excluding hydrogens is 288 g/mol. The molecule has 0 aromatic carbocycles. The smallest absolute Gasteiger partial charge is 0.328 e. The number of carbonyl (C=O) groups is 3. The van der Waals surface area contributed by atoms with Crippen LogP contribution in [0, 0.1) is 45.8 Å². The summed E-state index contributed by atoms with van der Waals surface area (Å²) < 4.78 is 9.18. The fourth-order valence-corrected chi connectivity index (χ4v) is 2.93. The van der Waals surface area contributed by atoms with Gasteiger partial charge in [-0.25, -0.2) is 0 Å². The summed E-state index contributed by atoms with van der Waals surface area (Å²) in [7, 11) is 2.11. The van der Waals surface area contributed by atoms with E-state index in [1.807, 2.05) is 6.92 Å². The normalized spacial score (nSPS) is 25.0. The maximum absolute atomic E-state index is 12.3. The van der Waals surface area contributed by atoms with E-state index in [9.17, 15) is 24.9 Å². The summed E-state index contributed by atoms with van der Waals surface area (Å²) in [4.78, 5) is 36.4. The highest BCUT2D eigenvalue weighted by Gasteiger charge is 2.60. The van der Waals surface area contributed by atoms with Gasteiger partial charge in [0.2, 0.25) is 0 Å². The fourth-order valence-electron chi connectivity index (χ4n) is 2.93. The number of esters is 2. The fraction of sp³-hybridized carbons (Fsp3) is 0.667. The third kappa shape index (κ3) is 2.80. The van der Waals surface area contributed by atoms with Gasteiger partial charge in [0.25, 0.3) is 0 Å². The number of Topliss-reactive ketones (excluding diaryl/α,β-unsaturated/α-hetero) is 1. The van der Waals surface area contributed by atoms with E-state index in [2.05, 4.69) is 9.47 Å². The van der Waals surface area contributed by atoms with Gasteiger partial charge < -0.3 is 9.47 Å². The maximum atomic E-state index is 12.3. The molecular formula is C15H18N2O5. The first-order chi connectivity index (χ1) is 10.4. The molecule has 1 saturated carbocycles. The first-order valence-corrected chi connectivity index (χ1v) is 6.88. The quantitative estimate of drug-likeness (QED) is 0.710. The summed E-state index contributed by atoms with van der Waals surface area (Å²) >= 11 is 0. The molecule has 1 rings (SSSR count). The summed E-state index contributed by atoms with van der Waals surface area (Å²) in [5.41, 5.74) is -2.18. The molecule has 7 heteroatoms. The van der Waals surface area contributed by atoms with Gasteiger partial charge in [0, 0.05) is 12.3 Å². The molecule has 1 fully saturated rings. The molecule has 0 saturated heterocycles. The highest BCUT2D eigenvalue weighted by Crippen LogP contribution is 2.44. The molecule has 22 heavy (non-hydrogen) atoms. The number of rotatable bonds is 4. The molecule has 0 aliphatic heterocycles. The van der Waals surface area contributed by atoms with Gasteiger partial charge >= 0.3 is 11.9 Å². The van der Waals surface area contributed by atoms with Crippen LogP contribution in [-0.4, -0.2) is 31.9 Å². The number of hydrogen-bond acceptors (Lipinski definition) is 7. The Kier molecular flexibility index (Phi) is 5.64. The number of nitrogens with zero attached hydrogens (tertiary/aromatic N) is 2. The second kappa shape index (κ2) is 7.04. The monoisotopic (exact) mass is 306 g/mol. The Labute approximate surface area is 128 Å². The second-order valence-corrected chi connectivity index (χ2v) is 5.46. The topological polar surface area (TPSA) is 117 Å². The first kappa shape index (κ1) is 17.6. The Morgan fingerprint density at radius 3 is 2.41 bits per heavy atom. The van der Waals surface area contributed by atoms with E-state index in [0.717, 1.165) is 14.2 Å². The van der Waals surface area contributed by atoms with Crippen molar-refractivity contribution in [3.8, 4) is 12.1 Å². The summed E-state index contributed by atoms with van der Waals surface area (Å²) in [5.74, 6) is -5.07. The molecule has 1 aliphatic carbocycles. The molecule has 4 atom stereocenters. The zero-order valence-electron chi connectivity index (χ0n) is 12.8. The minimum Gasteiger partial charge on any atom is -0.468 e. The summed E-state index contributed by atoms with van der Waals surface area (Å²) in [5, 5.41) is 18.9. The van der Waals surface area contributed by atoms with Crippen LogP contribution in [0.3, 0.4) is 0 Å². The zero-order chi connectivity index (χ0) is 16.9. The van der Waals surface area contributed by atoms with E-state index in [4.69, 9.17) is 0 Å². The van der Waals surface area contributed by atoms with Gasteiger partial charge in [-0.1, -0.05) is 6.92 Å². The average molecular weight is 306 g/mol. The molecule has 0 aromatic rings. The van der Waals surface area contributed by atoms with Crippen LogP contribution in [0.25, 0.3) is 0 Å². The number of ether oxygens (including phenoxy) is 2. The molecule has 1 aliphatic rings. The molecule has 0 amide bonds. The van der Waals surface area contributed by atoms with Crippen molar-refractivity contribution in [2.24, 2.45) is 23.2 Å². The molecule has 0 unspecified atom stereocenters. The molecule has 0 bridgehead atoms. The van der Waals surface area contributed by atoms with E-state index in [1.54, 1.807) is 12.1 Å². The Hall–Kier alpha value is -2.41. The van der Waals surface area contributed by atoms with E-state index < -0.39 is 29.2 Å². The molecule has 0 aromatic heterocycles. The van der Waals surface area contributed by atoms with Gasteiger partial charge in [-0.05, 0) is 18.8 Å². The first-order valence-electron chi connectivity index (χ1n) is 6.88. The number of methoxy groups -OCH3 is 2. The van der Waals surface area contributed by atoms with Crippen LogP contribution in [0.1, 0.15) is 26.2 Å². The van der Waals surface area contributed by atoms with Gasteiger partial charge in [0.15, 0.2) is 11.3 Å². The summed E-state index contributed by atoms with van der Waals surface area (Å²) in [6.45, 7) is 1.89. The molecule has 7 nitrogen and oxygen atoms in total. The van der Waals surface area contributed by atoms with Crippen LogP contribution >= 0.6 is 0 Å². The average Bonchev–Trinajstić information content (AvgIpc) is 2.53. The number of ketones is 1. The highest BCUT2D eigenvalue weighted by atomic mass is 16.5. The third-order valence-corrected chi connectivity index (χ3v) is 4.19. The van der Waals surface area contributed by atoms with Crippen molar-refractivity contribution in [2.75, 3.05) is 14.2 Å². The van der Waals surface area contributed by atoms with Crippen LogP contribution < -0.4 is 0 Å². The molecule has 0 N–H and O–H groups in total. The van der Waals surface area contributed by atoms with Crippen LogP contribution in [0.15, 0.2) is 0 Å². The Balaban J connectivity index is 3.49. The standard InChI is InChI=1S/C15H18N2O5/c1-9-4-5-12(18)10(6-9)15(8-17,14(20)22-3)11(7-16)13(19)21-2/h9-11H,4-6H2,1-3H3/t9-,10+,11+,15-/m1/s1. The van der Waals surface area contributed by atoms with E-state index in [1.165, 1.54) is 0 Å².